The van der Waals surface area contributed by atoms with Crippen LogP contribution in [0.25, 0.3) is 22.2 Å². The van der Waals surface area contributed by atoms with E-state index in [1.165, 1.54) is 0 Å². The molecule has 1 amide bonds. The molecule has 3 aromatic rings. The topological polar surface area (TPSA) is 92.5 Å². The molecule has 0 radical (unpaired) electrons. The molecule has 0 unspecified atom stereocenters. The number of amides is 1. The Balaban J connectivity index is 1.50. The van der Waals surface area contributed by atoms with Crippen molar-refractivity contribution in [2.24, 2.45) is 0 Å². The number of hydrogen-bond donors (Lipinski definition) is 2. The Morgan fingerprint density at radius 1 is 1.31 bits per heavy atom. The fourth-order valence-electron chi connectivity index (χ4n) is 4.57. The number of anilines is 1. The average Bonchev–Trinajstić information content (AvgIpc) is 3.46. The van der Waals surface area contributed by atoms with Crippen molar-refractivity contribution in [3.63, 3.8) is 0 Å². The van der Waals surface area contributed by atoms with Crippen LogP contribution in [-0.4, -0.2) is 69.1 Å². The molecule has 168 valence electrons. The highest BCUT2D eigenvalue weighted by atomic mass is 16.5. The van der Waals surface area contributed by atoms with Gasteiger partial charge in [-0.15, -0.1) is 0 Å². The maximum atomic E-state index is 12.5. The predicted octanol–water partition coefficient (Wildman–Crippen LogP) is 2.67. The molecule has 2 N–H and O–H groups in total. The Kier molecular flexibility index (Phi) is 5.67. The van der Waals surface area contributed by atoms with Gasteiger partial charge in [-0.25, -0.2) is 0 Å². The first kappa shape index (κ1) is 21.1. The Morgan fingerprint density at radius 3 is 2.88 bits per heavy atom. The van der Waals surface area contributed by atoms with Crippen LogP contribution in [0.1, 0.15) is 25.7 Å². The Labute approximate surface area is 187 Å². The van der Waals surface area contributed by atoms with Gasteiger partial charge >= 0.3 is 0 Å². The second-order valence-corrected chi connectivity index (χ2v) is 9.00. The number of nitrogens with zero attached hydrogens (tertiary/aromatic N) is 4. The van der Waals surface area contributed by atoms with E-state index in [1.54, 1.807) is 12.4 Å². The van der Waals surface area contributed by atoms with E-state index in [0.717, 1.165) is 48.1 Å². The molecule has 2 saturated heterocycles. The van der Waals surface area contributed by atoms with Crippen LogP contribution in [0.5, 0.6) is 0 Å². The van der Waals surface area contributed by atoms with Gasteiger partial charge in [0.05, 0.1) is 17.7 Å². The molecule has 0 aliphatic carbocycles. The molecule has 0 spiro atoms. The molecule has 1 atom stereocenters. The number of carbonyl (C=O) groups is 1. The number of fused-ring (bicyclic) bond motifs is 1. The minimum atomic E-state index is -0.811. The molecule has 5 rings (SSSR count). The summed E-state index contributed by atoms with van der Waals surface area (Å²) in [5.74, 6) is -0.116. The fraction of sp³-hybridized carbons (Fsp3) is 0.458. The third kappa shape index (κ3) is 4.26. The van der Waals surface area contributed by atoms with E-state index >= 15 is 0 Å². The van der Waals surface area contributed by atoms with Gasteiger partial charge in [0.1, 0.15) is 11.8 Å². The molecule has 2 aliphatic rings. The molecule has 32 heavy (non-hydrogen) atoms. The summed E-state index contributed by atoms with van der Waals surface area (Å²) in [5.41, 5.74) is 2.51. The first-order valence-corrected chi connectivity index (χ1v) is 11.3. The number of nitrogens with one attached hydrogen (secondary N) is 1. The lowest BCUT2D eigenvalue weighted by Gasteiger charge is -2.36. The maximum Gasteiger partial charge on any atom is 0.253 e. The van der Waals surface area contributed by atoms with Crippen molar-refractivity contribution in [3.8, 4) is 11.3 Å². The number of rotatable bonds is 5. The molecule has 0 saturated carbocycles. The van der Waals surface area contributed by atoms with Crippen LogP contribution in [0.3, 0.4) is 0 Å². The highest BCUT2D eigenvalue weighted by Gasteiger charge is 2.33. The third-order valence-electron chi connectivity index (χ3n) is 6.54. The molecule has 0 bridgehead atoms. The SMILES string of the molecule is CN1CCC(O)(Cn2nc(-c3cccnc3)c3ccc(NC(=O)[C@H]4CCCO4)cc32)CC1. The van der Waals surface area contributed by atoms with E-state index in [0.29, 0.717) is 31.7 Å². The van der Waals surface area contributed by atoms with Crippen molar-refractivity contribution in [2.45, 2.75) is 43.9 Å². The molecule has 8 heteroatoms. The number of ether oxygens (including phenoxy) is 1. The highest BCUT2D eigenvalue weighted by Crippen LogP contribution is 2.32. The summed E-state index contributed by atoms with van der Waals surface area (Å²) in [6.45, 7) is 2.74. The summed E-state index contributed by atoms with van der Waals surface area (Å²) < 4.78 is 7.39. The number of piperidine rings is 1. The van der Waals surface area contributed by atoms with Gasteiger partial charge in [0, 0.05) is 48.7 Å². The normalized spacial score (nSPS) is 21.1. The minimum Gasteiger partial charge on any atom is -0.388 e. The van der Waals surface area contributed by atoms with Gasteiger partial charge < -0.3 is 20.1 Å². The summed E-state index contributed by atoms with van der Waals surface area (Å²) in [5, 5.41) is 20.1. The minimum absolute atomic E-state index is 0.116. The zero-order valence-electron chi connectivity index (χ0n) is 18.3. The van der Waals surface area contributed by atoms with Crippen LogP contribution < -0.4 is 5.32 Å². The molecule has 4 heterocycles. The number of likely N-dealkylation sites (tertiary alicyclic amines) is 1. The van der Waals surface area contributed by atoms with E-state index in [9.17, 15) is 9.90 Å². The van der Waals surface area contributed by atoms with E-state index in [4.69, 9.17) is 9.84 Å². The predicted molar refractivity (Wildman–Crippen MR) is 122 cm³/mol. The van der Waals surface area contributed by atoms with Crippen LogP contribution in [0.15, 0.2) is 42.7 Å². The Bertz CT molecular complexity index is 1100. The molecular weight excluding hydrogens is 406 g/mol. The molecule has 2 aliphatic heterocycles. The summed E-state index contributed by atoms with van der Waals surface area (Å²) in [7, 11) is 2.08. The Hall–Kier alpha value is -2.81. The first-order valence-electron chi connectivity index (χ1n) is 11.3. The van der Waals surface area contributed by atoms with Crippen molar-refractivity contribution < 1.29 is 14.6 Å². The third-order valence-corrected chi connectivity index (χ3v) is 6.54. The van der Waals surface area contributed by atoms with E-state index < -0.39 is 5.60 Å². The van der Waals surface area contributed by atoms with Gasteiger partial charge in [0.25, 0.3) is 5.91 Å². The summed E-state index contributed by atoms with van der Waals surface area (Å²) in [6.07, 6.45) is 6.20. The first-order chi connectivity index (χ1) is 15.5. The summed E-state index contributed by atoms with van der Waals surface area (Å²) in [6, 6.07) is 9.68. The molecule has 2 fully saturated rings. The number of carbonyl (C=O) groups excluding carboxylic acids is 1. The number of aliphatic hydroxyl groups is 1. The zero-order valence-corrected chi connectivity index (χ0v) is 18.3. The van der Waals surface area contributed by atoms with Crippen molar-refractivity contribution in [1.29, 1.82) is 0 Å². The smallest absolute Gasteiger partial charge is 0.253 e. The lowest BCUT2D eigenvalue weighted by Crippen LogP contribution is -2.45. The fourth-order valence-corrected chi connectivity index (χ4v) is 4.57. The lowest BCUT2D eigenvalue weighted by molar-refractivity contribution is -0.124. The van der Waals surface area contributed by atoms with Crippen molar-refractivity contribution >= 4 is 22.5 Å². The maximum absolute atomic E-state index is 12.5. The van der Waals surface area contributed by atoms with Crippen molar-refractivity contribution in [2.75, 3.05) is 32.1 Å². The van der Waals surface area contributed by atoms with Gasteiger partial charge in [-0.3, -0.25) is 14.5 Å². The van der Waals surface area contributed by atoms with Crippen LogP contribution in [0, 0.1) is 0 Å². The van der Waals surface area contributed by atoms with Crippen LogP contribution in [0.4, 0.5) is 5.69 Å². The van der Waals surface area contributed by atoms with Gasteiger partial charge in [-0.05, 0) is 63.1 Å². The van der Waals surface area contributed by atoms with Gasteiger partial charge in [-0.1, -0.05) is 0 Å². The van der Waals surface area contributed by atoms with E-state index in [1.807, 2.05) is 35.0 Å². The van der Waals surface area contributed by atoms with Crippen LogP contribution >= 0.6 is 0 Å². The quantitative estimate of drug-likeness (QED) is 0.640. The van der Waals surface area contributed by atoms with Gasteiger partial charge in [-0.2, -0.15) is 5.10 Å². The number of benzene rings is 1. The monoisotopic (exact) mass is 435 g/mol. The van der Waals surface area contributed by atoms with Crippen LogP contribution in [0.2, 0.25) is 0 Å². The second-order valence-electron chi connectivity index (χ2n) is 9.00. The summed E-state index contributed by atoms with van der Waals surface area (Å²) >= 11 is 0. The van der Waals surface area contributed by atoms with Crippen LogP contribution in [-0.2, 0) is 16.1 Å². The van der Waals surface area contributed by atoms with Crippen molar-refractivity contribution in [1.82, 2.24) is 19.7 Å². The Morgan fingerprint density at radius 2 is 2.16 bits per heavy atom. The summed E-state index contributed by atoms with van der Waals surface area (Å²) in [4.78, 5) is 19.0. The lowest BCUT2D eigenvalue weighted by atomic mass is 9.91. The number of hydrogen-bond acceptors (Lipinski definition) is 6. The number of pyridine rings is 1. The van der Waals surface area contributed by atoms with Gasteiger partial charge in [0.2, 0.25) is 0 Å². The van der Waals surface area contributed by atoms with Gasteiger partial charge in [0.15, 0.2) is 0 Å². The van der Waals surface area contributed by atoms with E-state index in [2.05, 4.69) is 22.2 Å². The number of aromatic nitrogens is 3. The zero-order chi connectivity index (χ0) is 22.1. The second kappa shape index (κ2) is 8.61. The molecule has 1 aromatic carbocycles. The largest absolute Gasteiger partial charge is 0.388 e. The highest BCUT2D eigenvalue weighted by molar-refractivity contribution is 5.99. The molecule has 8 nitrogen and oxygen atoms in total. The average molecular weight is 436 g/mol. The molecular formula is C24H29N5O3. The molecule has 2 aromatic heterocycles. The van der Waals surface area contributed by atoms with Crippen molar-refractivity contribution in [3.05, 3.63) is 42.7 Å². The standard InChI is InChI=1S/C24H29N5O3/c1-28-11-8-24(31,9-12-28)16-29-20-14-18(26-23(30)21-5-3-13-32-21)6-7-19(20)22(27-29)17-4-2-10-25-15-17/h2,4,6-7,10,14-15,21,31H,3,5,8-9,11-13,16H2,1H3,(H,26,30)/t21-/m1/s1. The van der Waals surface area contributed by atoms with E-state index in [-0.39, 0.29) is 12.0 Å².